The Labute approximate surface area is 191 Å². The second-order valence-electron chi connectivity index (χ2n) is 7.42. The lowest BCUT2D eigenvalue weighted by Crippen LogP contribution is -2.40. The summed E-state index contributed by atoms with van der Waals surface area (Å²) < 4.78 is 33.1. The minimum atomic E-state index is -3.49. The minimum Gasteiger partial charge on any atom is -0.379 e. The maximum absolute atomic E-state index is 12.7. The second-order valence-corrected chi connectivity index (χ2v) is 10.4. The fraction of sp³-hybridized carbons (Fsp3) is 0.364. The summed E-state index contributed by atoms with van der Waals surface area (Å²) in [7, 11) is -3.49. The maximum atomic E-state index is 12.7. The molecular weight excluding hydrogens is 448 g/mol. The van der Waals surface area contributed by atoms with Crippen LogP contribution >= 0.6 is 11.3 Å². The number of nitrogens with one attached hydrogen (secondary N) is 2. The third-order valence-electron chi connectivity index (χ3n) is 5.19. The molecule has 1 aromatic heterocycles. The molecular formula is C22H26N4O4S2. The van der Waals surface area contributed by atoms with E-state index in [9.17, 15) is 13.2 Å². The predicted molar refractivity (Wildman–Crippen MR) is 125 cm³/mol. The summed E-state index contributed by atoms with van der Waals surface area (Å²) in [4.78, 5) is 16.9. The van der Waals surface area contributed by atoms with E-state index < -0.39 is 10.0 Å². The molecule has 0 unspecified atom stereocenters. The molecule has 32 heavy (non-hydrogen) atoms. The first-order chi connectivity index (χ1) is 15.5. The third kappa shape index (κ3) is 5.63. The zero-order valence-electron chi connectivity index (χ0n) is 17.6. The van der Waals surface area contributed by atoms with Crippen molar-refractivity contribution in [2.45, 2.75) is 17.7 Å². The zero-order chi connectivity index (χ0) is 22.4. The zero-order valence-corrected chi connectivity index (χ0v) is 19.3. The van der Waals surface area contributed by atoms with Crippen LogP contribution in [-0.2, 0) is 26.0 Å². The van der Waals surface area contributed by atoms with Gasteiger partial charge in [-0.15, -0.1) is 0 Å². The molecule has 2 heterocycles. The first-order valence-corrected chi connectivity index (χ1v) is 12.8. The summed E-state index contributed by atoms with van der Waals surface area (Å²) in [6.07, 6.45) is 0.895. The molecule has 10 heteroatoms. The summed E-state index contributed by atoms with van der Waals surface area (Å²) >= 11 is 1.59. The average Bonchev–Trinajstić information content (AvgIpc) is 3.24. The van der Waals surface area contributed by atoms with Crippen LogP contribution in [0.2, 0.25) is 0 Å². The van der Waals surface area contributed by atoms with Crippen molar-refractivity contribution >= 4 is 42.6 Å². The lowest BCUT2D eigenvalue weighted by Gasteiger charge is -2.26. The number of morpholine rings is 1. The normalized spacial score (nSPS) is 15.0. The van der Waals surface area contributed by atoms with Gasteiger partial charge >= 0.3 is 0 Å². The topological polar surface area (TPSA) is 101 Å². The maximum Gasteiger partial charge on any atom is 0.243 e. The lowest BCUT2D eigenvalue weighted by atomic mass is 10.1. The van der Waals surface area contributed by atoms with Crippen LogP contribution in [0.3, 0.4) is 0 Å². The largest absolute Gasteiger partial charge is 0.379 e. The summed E-state index contributed by atoms with van der Waals surface area (Å²) in [5.74, 6) is -0.0406. The first kappa shape index (κ1) is 22.7. The number of rotatable bonds is 9. The molecule has 0 spiro atoms. The molecule has 0 radical (unpaired) electrons. The second kappa shape index (κ2) is 10.4. The van der Waals surface area contributed by atoms with Gasteiger partial charge in [-0.25, -0.2) is 13.4 Å². The number of hydrogen-bond donors (Lipinski definition) is 2. The number of nitrogens with zero attached hydrogens (tertiary/aromatic N) is 2. The Morgan fingerprint density at radius 2 is 1.81 bits per heavy atom. The number of sulfonamides is 1. The number of fused-ring (bicyclic) bond motifs is 1. The van der Waals surface area contributed by atoms with Crippen LogP contribution in [0, 0.1) is 0 Å². The van der Waals surface area contributed by atoms with Gasteiger partial charge in [0.05, 0.1) is 28.3 Å². The monoisotopic (exact) mass is 474 g/mol. The van der Waals surface area contributed by atoms with E-state index in [1.165, 1.54) is 4.31 Å². The van der Waals surface area contributed by atoms with Crippen molar-refractivity contribution in [3.05, 3.63) is 54.1 Å². The van der Waals surface area contributed by atoms with Gasteiger partial charge in [-0.2, -0.15) is 4.31 Å². The molecule has 170 valence electrons. The molecule has 3 aromatic rings. The molecule has 1 amide bonds. The van der Waals surface area contributed by atoms with E-state index >= 15 is 0 Å². The highest BCUT2D eigenvalue weighted by Gasteiger charge is 2.26. The average molecular weight is 475 g/mol. The van der Waals surface area contributed by atoms with Gasteiger partial charge in [0.1, 0.15) is 0 Å². The molecule has 1 aliphatic rings. The van der Waals surface area contributed by atoms with Crippen LogP contribution in [0.1, 0.15) is 12.0 Å². The Balaban J connectivity index is 1.19. The van der Waals surface area contributed by atoms with Gasteiger partial charge in [0.15, 0.2) is 5.13 Å². The number of aromatic nitrogens is 1. The van der Waals surface area contributed by atoms with E-state index in [1.54, 1.807) is 35.6 Å². The third-order valence-corrected chi connectivity index (χ3v) is 8.10. The lowest BCUT2D eigenvalue weighted by molar-refractivity contribution is -0.120. The van der Waals surface area contributed by atoms with Gasteiger partial charge in [0.25, 0.3) is 0 Å². The van der Waals surface area contributed by atoms with Crippen molar-refractivity contribution in [2.24, 2.45) is 0 Å². The molecule has 2 aromatic carbocycles. The molecule has 0 aliphatic carbocycles. The number of thiazole rings is 1. The van der Waals surface area contributed by atoms with E-state index in [-0.39, 0.29) is 10.8 Å². The number of carbonyl (C=O) groups excluding carboxylic acids is 1. The quantitative estimate of drug-likeness (QED) is 0.462. The highest BCUT2D eigenvalue weighted by molar-refractivity contribution is 7.89. The van der Waals surface area contributed by atoms with Gasteiger partial charge in [-0.3, -0.25) is 4.79 Å². The van der Waals surface area contributed by atoms with Crippen molar-refractivity contribution in [2.75, 3.05) is 44.7 Å². The summed E-state index contributed by atoms with van der Waals surface area (Å²) in [6.45, 7) is 2.69. The van der Waals surface area contributed by atoms with Crippen molar-refractivity contribution in [1.82, 2.24) is 14.6 Å². The number of aryl methyl sites for hydroxylation is 1. The Morgan fingerprint density at radius 1 is 1.06 bits per heavy atom. The van der Waals surface area contributed by atoms with Gasteiger partial charge in [0, 0.05) is 32.6 Å². The van der Waals surface area contributed by atoms with E-state index in [0.29, 0.717) is 52.2 Å². The smallest absolute Gasteiger partial charge is 0.243 e. The van der Waals surface area contributed by atoms with Crippen molar-refractivity contribution in [3.8, 4) is 0 Å². The van der Waals surface area contributed by atoms with Gasteiger partial charge in [-0.1, -0.05) is 35.6 Å². The number of ether oxygens (including phenoxy) is 1. The standard InChI is InChI=1S/C22H26N4O4S2/c27-21(23-11-12-24-22-25-19-3-1-2-4-20(19)31-22)10-7-17-5-8-18(9-6-17)32(28,29)26-13-15-30-16-14-26/h1-6,8-9H,7,10-16H2,(H,23,27)(H,24,25). The van der Waals surface area contributed by atoms with Crippen molar-refractivity contribution < 1.29 is 17.9 Å². The summed E-state index contributed by atoms with van der Waals surface area (Å²) in [6, 6.07) is 14.7. The van der Waals surface area contributed by atoms with E-state index in [4.69, 9.17) is 4.74 Å². The molecule has 0 bridgehead atoms. The number of amides is 1. The Hall–Kier alpha value is -2.53. The number of anilines is 1. The van der Waals surface area contributed by atoms with Crippen LogP contribution < -0.4 is 10.6 Å². The molecule has 0 saturated carbocycles. The molecule has 2 N–H and O–H groups in total. The predicted octanol–water partition coefficient (Wildman–Crippen LogP) is 2.48. The molecule has 1 saturated heterocycles. The van der Waals surface area contributed by atoms with E-state index in [2.05, 4.69) is 15.6 Å². The van der Waals surface area contributed by atoms with Crippen LogP contribution in [-0.4, -0.2) is 63.0 Å². The molecule has 0 atom stereocenters. The Kier molecular flexibility index (Phi) is 7.36. The van der Waals surface area contributed by atoms with E-state index in [0.717, 1.165) is 20.9 Å². The van der Waals surface area contributed by atoms with Crippen LogP contribution in [0.5, 0.6) is 0 Å². The molecule has 1 fully saturated rings. The molecule has 1 aliphatic heterocycles. The molecule has 8 nitrogen and oxygen atoms in total. The van der Waals surface area contributed by atoms with Gasteiger partial charge < -0.3 is 15.4 Å². The van der Waals surface area contributed by atoms with Crippen molar-refractivity contribution in [3.63, 3.8) is 0 Å². The first-order valence-electron chi connectivity index (χ1n) is 10.6. The Morgan fingerprint density at radius 3 is 2.56 bits per heavy atom. The summed E-state index contributed by atoms with van der Waals surface area (Å²) in [5.41, 5.74) is 1.89. The SMILES string of the molecule is O=C(CCc1ccc(S(=O)(=O)N2CCOCC2)cc1)NCCNc1nc2ccccc2s1. The van der Waals surface area contributed by atoms with E-state index in [1.807, 2.05) is 24.3 Å². The van der Waals surface area contributed by atoms with Crippen molar-refractivity contribution in [1.29, 1.82) is 0 Å². The molecule has 4 rings (SSSR count). The number of para-hydroxylation sites is 1. The number of benzene rings is 2. The van der Waals surface area contributed by atoms with Gasteiger partial charge in [-0.05, 0) is 36.2 Å². The van der Waals surface area contributed by atoms with Gasteiger partial charge in [0.2, 0.25) is 15.9 Å². The summed E-state index contributed by atoms with van der Waals surface area (Å²) in [5, 5.41) is 6.97. The van der Waals surface area contributed by atoms with Crippen LogP contribution in [0.25, 0.3) is 10.2 Å². The van der Waals surface area contributed by atoms with Crippen LogP contribution in [0.15, 0.2) is 53.4 Å². The highest BCUT2D eigenvalue weighted by atomic mass is 32.2. The minimum absolute atomic E-state index is 0.0406. The fourth-order valence-corrected chi connectivity index (χ4v) is 5.73. The van der Waals surface area contributed by atoms with Crippen LogP contribution in [0.4, 0.5) is 5.13 Å². The Bertz CT molecular complexity index is 1120. The number of hydrogen-bond acceptors (Lipinski definition) is 7. The fourth-order valence-electron chi connectivity index (χ4n) is 3.43. The highest BCUT2D eigenvalue weighted by Crippen LogP contribution is 2.25. The number of carbonyl (C=O) groups is 1.